The fraction of sp³-hybridized carbons (Fsp3) is 0.529. The highest BCUT2D eigenvalue weighted by atomic mass is 32.1. The van der Waals surface area contributed by atoms with Crippen LogP contribution in [0.1, 0.15) is 29.3 Å². The van der Waals surface area contributed by atoms with Crippen LogP contribution in [0.15, 0.2) is 17.4 Å². The molecule has 2 rings (SSSR count). The second-order valence-electron chi connectivity index (χ2n) is 5.69. The van der Waals surface area contributed by atoms with Gasteiger partial charge in [0.25, 0.3) is 0 Å². The zero-order valence-electron chi connectivity index (χ0n) is 14.5. The summed E-state index contributed by atoms with van der Waals surface area (Å²) >= 11 is 1.72. The van der Waals surface area contributed by atoms with Crippen molar-refractivity contribution in [1.29, 1.82) is 0 Å². The first-order valence-corrected chi connectivity index (χ1v) is 9.11. The molecular weight excluding hydrogens is 322 g/mol. The predicted octanol–water partition coefficient (Wildman–Crippen LogP) is 2.02. The fourth-order valence-electron chi connectivity index (χ4n) is 2.98. The van der Waals surface area contributed by atoms with E-state index in [-0.39, 0.29) is 5.91 Å². The Bertz CT molecular complexity index is 610. The Labute approximate surface area is 148 Å². The maximum absolute atomic E-state index is 12.5. The lowest BCUT2D eigenvalue weighted by Gasteiger charge is -2.28. The second-order valence-corrected chi connectivity index (χ2v) is 6.80. The van der Waals surface area contributed by atoms with Crippen LogP contribution in [-0.4, -0.2) is 49.1 Å². The molecular formula is C17H27N5OS. The summed E-state index contributed by atoms with van der Waals surface area (Å²) in [5.74, 6) is 0.202. The van der Waals surface area contributed by atoms with Gasteiger partial charge in [-0.3, -0.25) is 9.79 Å². The van der Waals surface area contributed by atoms with Gasteiger partial charge in [-0.1, -0.05) is 0 Å². The van der Waals surface area contributed by atoms with Crippen LogP contribution >= 0.6 is 11.3 Å². The Morgan fingerprint density at radius 2 is 2.38 bits per heavy atom. The molecule has 0 aliphatic carbocycles. The first kappa shape index (κ1) is 18.5. The second kappa shape index (κ2) is 8.84. The van der Waals surface area contributed by atoms with Crippen molar-refractivity contribution in [3.63, 3.8) is 0 Å². The molecule has 3 N–H and O–H groups in total. The molecule has 0 aromatic carbocycles. The average Bonchev–Trinajstić information content (AvgIpc) is 2.98. The number of hydrogen-bond acceptors (Lipinski definition) is 6. The van der Waals surface area contributed by atoms with E-state index in [1.165, 1.54) is 16.0 Å². The first-order valence-electron chi connectivity index (χ1n) is 8.30. The number of hydrogen-bond donors (Lipinski definition) is 2. The smallest absolute Gasteiger partial charge is 0.224 e. The fourth-order valence-corrected chi connectivity index (χ4v) is 4.22. The van der Waals surface area contributed by atoms with E-state index in [2.05, 4.69) is 28.9 Å². The molecule has 1 aliphatic rings. The summed E-state index contributed by atoms with van der Waals surface area (Å²) < 4.78 is 0. The number of rotatable bonds is 8. The van der Waals surface area contributed by atoms with Gasteiger partial charge in [0.05, 0.1) is 11.5 Å². The summed E-state index contributed by atoms with van der Waals surface area (Å²) in [5.41, 5.74) is 8.44. The van der Waals surface area contributed by atoms with Gasteiger partial charge in [0.1, 0.15) is 0 Å². The van der Waals surface area contributed by atoms with Gasteiger partial charge in [0.2, 0.25) is 5.91 Å². The van der Waals surface area contributed by atoms with Crippen LogP contribution in [0, 0.1) is 0 Å². The van der Waals surface area contributed by atoms with E-state index in [1.807, 2.05) is 18.1 Å². The highest BCUT2D eigenvalue weighted by Gasteiger charge is 2.25. The third kappa shape index (κ3) is 4.15. The lowest BCUT2D eigenvalue weighted by Crippen LogP contribution is -2.37. The lowest BCUT2D eigenvalue weighted by atomic mass is 10.0. The van der Waals surface area contributed by atoms with E-state index in [0.29, 0.717) is 26.1 Å². The molecule has 132 valence electrons. The molecule has 0 fully saturated rings. The quantitative estimate of drug-likeness (QED) is 0.704. The number of carbonyl (C=O) groups excluding carboxylic acids is 1. The van der Waals surface area contributed by atoms with Gasteiger partial charge in [0, 0.05) is 62.5 Å². The summed E-state index contributed by atoms with van der Waals surface area (Å²) in [6.45, 7) is 9.05. The minimum atomic E-state index is 0.202. The number of amides is 1. The Morgan fingerprint density at radius 3 is 3.00 bits per heavy atom. The summed E-state index contributed by atoms with van der Waals surface area (Å²) in [7, 11) is 1.92. The van der Waals surface area contributed by atoms with E-state index in [9.17, 15) is 4.79 Å². The van der Waals surface area contributed by atoms with Crippen molar-refractivity contribution in [2.45, 2.75) is 32.9 Å². The van der Waals surface area contributed by atoms with Crippen molar-refractivity contribution in [2.75, 3.05) is 32.0 Å². The molecule has 6 nitrogen and oxygen atoms in total. The minimum Gasteiger partial charge on any atom is -0.380 e. The summed E-state index contributed by atoms with van der Waals surface area (Å²) in [5, 5.41) is 4.36. The van der Waals surface area contributed by atoms with Crippen molar-refractivity contribution < 1.29 is 4.79 Å². The van der Waals surface area contributed by atoms with Crippen LogP contribution in [0.4, 0.5) is 5.00 Å². The number of carbonyl (C=O) groups is 1. The Hall–Kier alpha value is -1.86. The lowest BCUT2D eigenvalue weighted by molar-refractivity contribution is -0.132. The largest absolute Gasteiger partial charge is 0.380 e. The molecule has 1 aromatic rings. The Kier molecular flexibility index (Phi) is 6.81. The van der Waals surface area contributed by atoms with Gasteiger partial charge in [-0.15, -0.1) is 11.3 Å². The van der Waals surface area contributed by atoms with E-state index in [4.69, 9.17) is 5.73 Å². The third-order valence-corrected chi connectivity index (χ3v) is 5.63. The van der Waals surface area contributed by atoms with Gasteiger partial charge >= 0.3 is 0 Å². The molecule has 1 amide bonds. The molecule has 7 heteroatoms. The SMILES string of the molecule is C=N/C=C\N(CC)CCC(=O)N1CCc2c(sc(NC)c2CN)C1. The molecule has 0 saturated heterocycles. The normalized spacial score (nSPS) is 13.9. The number of fused-ring (bicyclic) bond motifs is 1. The molecule has 24 heavy (non-hydrogen) atoms. The van der Waals surface area contributed by atoms with Gasteiger partial charge in [-0.25, -0.2) is 0 Å². The van der Waals surface area contributed by atoms with Crippen molar-refractivity contribution in [1.82, 2.24) is 9.80 Å². The van der Waals surface area contributed by atoms with Crippen LogP contribution < -0.4 is 11.1 Å². The topological polar surface area (TPSA) is 74.0 Å². The van der Waals surface area contributed by atoms with Gasteiger partial charge in [-0.05, 0) is 25.6 Å². The predicted molar refractivity (Wildman–Crippen MR) is 101 cm³/mol. The molecule has 0 spiro atoms. The standard InChI is InChI=1S/C17H27N5OS/c1-4-21(10-7-19-2)8-6-16(23)22-9-5-13-14(11-18)17(20-3)24-15(13)12-22/h7,10,20H,2,4-6,8-9,11-12,18H2,1,3H3/b10-7-. The number of nitrogens with zero attached hydrogens (tertiary/aromatic N) is 3. The number of nitrogens with one attached hydrogen (secondary N) is 1. The molecule has 0 radical (unpaired) electrons. The van der Waals surface area contributed by atoms with E-state index >= 15 is 0 Å². The molecule has 2 heterocycles. The maximum atomic E-state index is 12.5. The van der Waals surface area contributed by atoms with Crippen LogP contribution in [0.25, 0.3) is 0 Å². The number of anilines is 1. The summed E-state index contributed by atoms with van der Waals surface area (Å²) in [4.78, 5) is 21.5. The van der Waals surface area contributed by atoms with Crippen LogP contribution in [0.5, 0.6) is 0 Å². The van der Waals surface area contributed by atoms with E-state index < -0.39 is 0 Å². The van der Waals surface area contributed by atoms with Crippen molar-refractivity contribution in [3.8, 4) is 0 Å². The van der Waals surface area contributed by atoms with Gasteiger partial charge in [0.15, 0.2) is 0 Å². The molecule has 1 aliphatic heterocycles. The third-order valence-electron chi connectivity index (χ3n) is 4.35. The zero-order valence-corrected chi connectivity index (χ0v) is 15.4. The number of aliphatic imine (C=N–C) groups is 1. The molecule has 0 bridgehead atoms. The number of nitrogens with two attached hydrogens (primary N) is 1. The zero-order chi connectivity index (χ0) is 17.5. The maximum Gasteiger partial charge on any atom is 0.224 e. The van der Waals surface area contributed by atoms with Crippen molar-refractivity contribution in [2.24, 2.45) is 10.7 Å². The monoisotopic (exact) mass is 349 g/mol. The average molecular weight is 350 g/mol. The summed E-state index contributed by atoms with van der Waals surface area (Å²) in [6.07, 6.45) is 4.93. The van der Waals surface area contributed by atoms with E-state index in [0.717, 1.165) is 24.5 Å². The summed E-state index contributed by atoms with van der Waals surface area (Å²) in [6, 6.07) is 0. The number of thiophene rings is 1. The Balaban J connectivity index is 1.97. The van der Waals surface area contributed by atoms with Crippen LogP contribution in [0.2, 0.25) is 0 Å². The van der Waals surface area contributed by atoms with Crippen LogP contribution in [0.3, 0.4) is 0 Å². The molecule has 0 unspecified atom stereocenters. The van der Waals surface area contributed by atoms with Gasteiger partial charge < -0.3 is 20.9 Å². The molecule has 0 atom stereocenters. The highest BCUT2D eigenvalue weighted by molar-refractivity contribution is 7.16. The Morgan fingerprint density at radius 1 is 1.58 bits per heavy atom. The molecule has 1 aromatic heterocycles. The van der Waals surface area contributed by atoms with Crippen LogP contribution in [-0.2, 0) is 24.3 Å². The molecule has 0 saturated carbocycles. The van der Waals surface area contributed by atoms with E-state index in [1.54, 1.807) is 17.5 Å². The van der Waals surface area contributed by atoms with Crippen molar-refractivity contribution in [3.05, 3.63) is 28.4 Å². The van der Waals surface area contributed by atoms with Gasteiger partial charge in [-0.2, -0.15) is 0 Å². The highest BCUT2D eigenvalue weighted by Crippen LogP contribution is 2.36. The van der Waals surface area contributed by atoms with Crippen molar-refractivity contribution >= 4 is 29.0 Å². The minimum absolute atomic E-state index is 0.202. The first-order chi connectivity index (χ1) is 11.6.